The number of nitrogens with two attached hydrogens (primary N) is 1. The van der Waals surface area contributed by atoms with Crippen molar-refractivity contribution in [2.24, 2.45) is 11.4 Å². The summed E-state index contributed by atoms with van der Waals surface area (Å²) in [5, 5.41) is 17.0. The zero-order chi connectivity index (χ0) is 15.0. The SMILES string of the molecule is CC1Nc2nc(-c3nn[nH]n3)cn2CC1CCP(N)(=O)O. The molecule has 3 unspecified atom stereocenters. The lowest BCUT2D eigenvalue weighted by atomic mass is 9.97. The van der Waals surface area contributed by atoms with Gasteiger partial charge in [0, 0.05) is 24.9 Å². The first-order valence-electron chi connectivity index (χ1n) is 6.60. The van der Waals surface area contributed by atoms with Crippen LogP contribution in [-0.4, -0.2) is 47.3 Å². The van der Waals surface area contributed by atoms with Gasteiger partial charge in [-0.3, -0.25) is 10.1 Å². The molecule has 5 N–H and O–H groups in total. The molecule has 0 fully saturated rings. The van der Waals surface area contributed by atoms with Crippen molar-refractivity contribution in [2.75, 3.05) is 11.5 Å². The van der Waals surface area contributed by atoms with Gasteiger partial charge in [-0.15, -0.1) is 10.2 Å². The third-order valence-corrected chi connectivity index (χ3v) is 4.57. The lowest BCUT2D eigenvalue weighted by Gasteiger charge is -2.31. The lowest BCUT2D eigenvalue weighted by Crippen LogP contribution is -2.36. The standard InChI is InChI=1S/C10H17N8O2P/c1-6-7(2-3-21(11,19)20)4-18-5-8(13-10(18)12-6)9-14-16-17-15-9/h5-7H,2-4H2,1H3,(H,12,13)(H3,11,19,20)(H,14,15,16,17). The highest BCUT2D eigenvalue weighted by molar-refractivity contribution is 7.55. The van der Waals surface area contributed by atoms with Crippen LogP contribution in [0.4, 0.5) is 5.95 Å². The average Bonchev–Trinajstić information content (AvgIpc) is 3.03. The molecule has 3 atom stereocenters. The van der Waals surface area contributed by atoms with Crippen molar-refractivity contribution >= 4 is 13.5 Å². The first kappa shape index (κ1) is 14.2. The molecule has 0 aromatic carbocycles. The number of aromatic amines is 1. The van der Waals surface area contributed by atoms with E-state index in [2.05, 4.69) is 30.9 Å². The zero-order valence-corrected chi connectivity index (χ0v) is 12.4. The lowest BCUT2D eigenvalue weighted by molar-refractivity contribution is 0.360. The summed E-state index contributed by atoms with van der Waals surface area (Å²) in [6.45, 7) is 2.73. The molecule has 2 aromatic heterocycles. The molecule has 11 heteroatoms. The zero-order valence-electron chi connectivity index (χ0n) is 11.5. The highest BCUT2D eigenvalue weighted by Gasteiger charge is 2.28. The molecule has 0 saturated carbocycles. The molecular formula is C10H17N8O2P. The predicted octanol–water partition coefficient (Wildman–Crippen LogP) is 0.0276. The van der Waals surface area contributed by atoms with Gasteiger partial charge in [-0.05, 0) is 24.5 Å². The minimum Gasteiger partial charge on any atom is -0.353 e. The van der Waals surface area contributed by atoms with E-state index in [0.717, 1.165) is 5.95 Å². The summed E-state index contributed by atoms with van der Waals surface area (Å²) in [5.41, 5.74) is 5.84. The number of aromatic nitrogens is 6. The van der Waals surface area contributed by atoms with Crippen molar-refractivity contribution in [3.05, 3.63) is 6.20 Å². The molecular weight excluding hydrogens is 295 g/mol. The van der Waals surface area contributed by atoms with Crippen LogP contribution >= 0.6 is 7.52 Å². The second-order valence-corrected chi connectivity index (χ2v) is 7.26. The van der Waals surface area contributed by atoms with E-state index in [1.54, 1.807) is 0 Å². The van der Waals surface area contributed by atoms with Crippen LogP contribution in [0.5, 0.6) is 0 Å². The number of fused-ring (bicyclic) bond motifs is 1. The van der Waals surface area contributed by atoms with Crippen LogP contribution in [0.25, 0.3) is 11.5 Å². The molecule has 21 heavy (non-hydrogen) atoms. The number of nitrogens with zero attached hydrogens (tertiary/aromatic N) is 5. The van der Waals surface area contributed by atoms with Crippen LogP contribution < -0.4 is 10.8 Å². The fourth-order valence-electron chi connectivity index (χ4n) is 2.47. The quantitative estimate of drug-likeness (QED) is 0.578. The summed E-state index contributed by atoms with van der Waals surface area (Å²) in [4.78, 5) is 13.7. The van der Waals surface area contributed by atoms with Crippen molar-refractivity contribution in [1.29, 1.82) is 0 Å². The van der Waals surface area contributed by atoms with Crippen LogP contribution in [0.15, 0.2) is 6.20 Å². The van der Waals surface area contributed by atoms with E-state index < -0.39 is 7.52 Å². The molecule has 0 aliphatic carbocycles. The fourth-order valence-corrected chi connectivity index (χ4v) is 3.17. The first-order chi connectivity index (χ1) is 9.92. The van der Waals surface area contributed by atoms with Gasteiger partial charge in [-0.2, -0.15) is 5.21 Å². The van der Waals surface area contributed by atoms with Crippen LogP contribution in [0.2, 0.25) is 0 Å². The van der Waals surface area contributed by atoms with E-state index in [0.29, 0.717) is 24.5 Å². The predicted molar refractivity (Wildman–Crippen MR) is 75.5 cm³/mol. The number of H-pyrrole nitrogens is 1. The summed E-state index contributed by atoms with van der Waals surface area (Å²) < 4.78 is 13.2. The van der Waals surface area contributed by atoms with Crippen molar-refractivity contribution in [1.82, 2.24) is 30.2 Å². The fraction of sp³-hybridized carbons (Fsp3) is 0.600. The number of hydrogen-bond donors (Lipinski definition) is 4. The van der Waals surface area contributed by atoms with Crippen LogP contribution in [-0.2, 0) is 11.1 Å². The van der Waals surface area contributed by atoms with Crippen LogP contribution in [0, 0.1) is 5.92 Å². The maximum atomic E-state index is 11.2. The van der Waals surface area contributed by atoms with E-state index in [1.807, 2.05) is 17.7 Å². The van der Waals surface area contributed by atoms with Crippen LogP contribution in [0.3, 0.4) is 0 Å². The molecule has 3 heterocycles. The number of hydrogen-bond acceptors (Lipinski definition) is 6. The molecule has 114 valence electrons. The Balaban J connectivity index is 1.76. The third kappa shape index (κ3) is 3.12. The molecule has 10 nitrogen and oxygen atoms in total. The Kier molecular flexibility index (Phi) is 3.52. The van der Waals surface area contributed by atoms with Gasteiger partial charge in [0.2, 0.25) is 11.8 Å². The minimum atomic E-state index is -3.46. The van der Waals surface area contributed by atoms with E-state index >= 15 is 0 Å². The summed E-state index contributed by atoms with van der Waals surface area (Å²) in [5.74, 6) is 1.37. The molecule has 3 rings (SSSR count). The average molecular weight is 312 g/mol. The van der Waals surface area contributed by atoms with Crippen molar-refractivity contribution in [3.8, 4) is 11.5 Å². The first-order valence-corrected chi connectivity index (χ1v) is 8.52. The van der Waals surface area contributed by atoms with Gasteiger partial charge in [0.25, 0.3) is 7.52 Å². The summed E-state index contributed by atoms with van der Waals surface area (Å²) >= 11 is 0. The smallest absolute Gasteiger partial charge is 0.264 e. The van der Waals surface area contributed by atoms with Gasteiger partial charge in [0.1, 0.15) is 5.69 Å². The minimum absolute atomic E-state index is 0.116. The Bertz CT molecular complexity index is 663. The maximum Gasteiger partial charge on any atom is 0.264 e. The molecule has 1 aliphatic heterocycles. The summed E-state index contributed by atoms with van der Waals surface area (Å²) in [7, 11) is -3.46. The Morgan fingerprint density at radius 2 is 2.43 bits per heavy atom. The largest absolute Gasteiger partial charge is 0.353 e. The number of nitrogens with one attached hydrogen (secondary N) is 2. The van der Waals surface area contributed by atoms with Crippen molar-refractivity contribution < 1.29 is 9.46 Å². The second-order valence-electron chi connectivity index (χ2n) is 5.30. The van der Waals surface area contributed by atoms with E-state index in [9.17, 15) is 9.46 Å². The highest BCUT2D eigenvalue weighted by Crippen LogP contribution is 2.35. The summed E-state index contributed by atoms with van der Waals surface area (Å²) in [6, 6.07) is 0.143. The molecule has 1 aliphatic rings. The molecule has 0 radical (unpaired) electrons. The van der Waals surface area contributed by atoms with Gasteiger partial charge < -0.3 is 14.8 Å². The monoisotopic (exact) mass is 312 g/mol. The van der Waals surface area contributed by atoms with E-state index in [4.69, 9.17) is 5.50 Å². The van der Waals surface area contributed by atoms with Gasteiger partial charge in [-0.1, -0.05) is 0 Å². The van der Waals surface area contributed by atoms with Crippen molar-refractivity contribution in [3.63, 3.8) is 0 Å². The van der Waals surface area contributed by atoms with Crippen LogP contribution in [0.1, 0.15) is 13.3 Å². The Hall–Kier alpha value is -1.77. The Morgan fingerprint density at radius 3 is 3.10 bits per heavy atom. The topological polar surface area (TPSA) is 148 Å². The number of imidazole rings is 1. The molecule has 0 saturated heterocycles. The normalized spacial score (nSPS) is 24.1. The Labute approximate surface area is 120 Å². The van der Waals surface area contributed by atoms with Gasteiger partial charge in [0.15, 0.2) is 0 Å². The number of tetrazole rings is 1. The number of rotatable bonds is 4. The van der Waals surface area contributed by atoms with Gasteiger partial charge >= 0.3 is 0 Å². The highest BCUT2D eigenvalue weighted by atomic mass is 31.2. The molecule has 0 bridgehead atoms. The third-order valence-electron chi connectivity index (χ3n) is 3.67. The van der Waals surface area contributed by atoms with E-state index in [1.165, 1.54) is 0 Å². The number of anilines is 1. The van der Waals surface area contributed by atoms with Crippen molar-refractivity contribution in [2.45, 2.75) is 25.9 Å². The molecule has 0 spiro atoms. The van der Waals surface area contributed by atoms with E-state index in [-0.39, 0.29) is 18.1 Å². The second kappa shape index (κ2) is 5.21. The Morgan fingerprint density at radius 1 is 1.62 bits per heavy atom. The van der Waals surface area contributed by atoms with Gasteiger partial charge in [-0.25, -0.2) is 4.98 Å². The van der Waals surface area contributed by atoms with Gasteiger partial charge in [0.05, 0.1) is 0 Å². The maximum absolute atomic E-state index is 11.2. The summed E-state index contributed by atoms with van der Waals surface area (Å²) in [6.07, 6.45) is 2.53. The molecule has 2 aromatic rings. The molecule has 0 amide bonds.